The Balaban J connectivity index is 2.80. The lowest BCUT2D eigenvalue weighted by Gasteiger charge is -1.87. The van der Waals surface area contributed by atoms with Crippen LogP contribution in [-0.2, 0) is 6.42 Å². The van der Waals surface area contributed by atoms with E-state index < -0.39 is 0 Å². The van der Waals surface area contributed by atoms with Gasteiger partial charge in [-0.2, -0.15) is 0 Å². The Hall–Kier alpha value is -0.630. The largest absolute Gasteiger partial charge is 0.458 e. The quantitative estimate of drug-likeness (QED) is 0.491. The van der Waals surface area contributed by atoms with Crippen molar-refractivity contribution in [3.8, 4) is 0 Å². The highest BCUT2D eigenvalue weighted by atomic mass is 32.1. The Morgan fingerprint density at radius 1 is 1.78 bits per heavy atom. The zero-order valence-electron chi connectivity index (χ0n) is 5.00. The third-order valence-electron chi connectivity index (χ3n) is 1.09. The molecule has 2 heteroatoms. The lowest BCUT2D eigenvalue weighted by Crippen LogP contribution is -1.74. The average Bonchev–Trinajstić information content (AvgIpc) is 2.18. The topological polar surface area (TPSA) is 13.1 Å². The van der Waals surface area contributed by atoms with Crippen LogP contribution in [-0.4, -0.2) is 0 Å². The maximum atomic E-state index is 4.93. The molecule has 0 bridgehead atoms. The first kappa shape index (κ1) is 6.49. The van der Waals surface area contributed by atoms with Crippen molar-refractivity contribution < 1.29 is 4.42 Å². The van der Waals surface area contributed by atoms with Gasteiger partial charge in [-0.1, -0.05) is 6.08 Å². The molecule has 9 heavy (non-hydrogen) atoms. The van der Waals surface area contributed by atoms with Gasteiger partial charge in [0.1, 0.15) is 0 Å². The molecule has 0 aliphatic rings. The number of hydrogen-bond donors (Lipinski definition) is 1. The standard InChI is InChI=1S/C7H8OS/c1-2-3-6-4-5-8-7(6)9/h2,4-5,9H,1,3H2. The van der Waals surface area contributed by atoms with Crippen LogP contribution in [0.25, 0.3) is 0 Å². The molecule has 1 rings (SSSR count). The van der Waals surface area contributed by atoms with Crippen molar-refractivity contribution in [3.05, 3.63) is 30.5 Å². The molecule has 0 aromatic carbocycles. The maximum absolute atomic E-state index is 4.93. The second-order valence-electron chi connectivity index (χ2n) is 1.74. The van der Waals surface area contributed by atoms with Crippen molar-refractivity contribution in [2.24, 2.45) is 0 Å². The Bertz CT molecular complexity index is 202. The van der Waals surface area contributed by atoms with Crippen LogP contribution in [0.3, 0.4) is 0 Å². The van der Waals surface area contributed by atoms with E-state index in [4.69, 9.17) is 4.42 Å². The molecule has 0 aliphatic heterocycles. The molecule has 1 heterocycles. The SMILES string of the molecule is C=CCc1ccoc1S. The normalized spacial score (nSPS) is 9.44. The molecule has 1 nitrogen and oxygen atoms in total. The summed E-state index contributed by atoms with van der Waals surface area (Å²) < 4.78 is 4.93. The smallest absolute Gasteiger partial charge is 0.160 e. The van der Waals surface area contributed by atoms with E-state index in [1.165, 1.54) is 0 Å². The molecule has 0 unspecified atom stereocenters. The number of rotatable bonds is 2. The van der Waals surface area contributed by atoms with Gasteiger partial charge >= 0.3 is 0 Å². The van der Waals surface area contributed by atoms with Gasteiger partial charge < -0.3 is 4.42 Å². The second-order valence-corrected chi connectivity index (χ2v) is 2.15. The molecular formula is C7H8OS. The lowest BCUT2D eigenvalue weighted by molar-refractivity contribution is 0.471. The van der Waals surface area contributed by atoms with E-state index in [-0.39, 0.29) is 0 Å². The molecule has 0 spiro atoms. The summed E-state index contributed by atoms with van der Waals surface area (Å²) in [7, 11) is 0. The molecule has 0 aliphatic carbocycles. The van der Waals surface area contributed by atoms with Gasteiger partial charge in [0.25, 0.3) is 0 Å². The molecular weight excluding hydrogens is 132 g/mol. The summed E-state index contributed by atoms with van der Waals surface area (Å²) in [6.07, 6.45) is 4.28. The van der Waals surface area contributed by atoms with E-state index in [1.807, 2.05) is 12.1 Å². The summed E-state index contributed by atoms with van der Waals surface area (Å²) in [5.74, 6) is 0. The van der Waals surface area contributed by atoms with Crippen molar-refractivity contribution in [1.82, 2.24) is 0 Å². The first-order valence-corrected chi connectivity index (χ1v) is 3.15. The molecule has 0 amide bonds. The van der Waals surface area contributed by atoms with Crippen LogP contribution < -0.4 is 0 Å². The predicted octanol–water partition coefficient (Wildman–Crippen LogP) is 2.30. The van der Waals surface area contributed by atoms with Crippen molar-refractivity contribution in [1.29, 1.82) is 0 Å². The fourth-order valence-corrected chi connectivity index (χ4v) is 0.865. The molecule has 0 radical (unpaired) electrons. The fraction of sp³-hybridized carbons (Fsp3) is 0.143. The summed E-state index contributed by atoms with van der Waals surface area (Å²) in [6.45, 7) is 3.60. The van der Waals surface area contributed by atoms with E-state index in [0.717, 1.165) is 12.0 Å². The Morgan fingerprint density at radius 2 is 2.56 bits per heavy atom. The fourth-order valence-electron chi connectivity index (χ4n) is 0.638. The number of thiol groups is 1. The first-order valence-electron chi connectivity index (χ1n) is 2.71. The summed E-state index contributed by atoms with van der Waals surface area (Å²) in [5.41, 5.74) is 1.09. The van der Waals surface area contributed by atoms with Crippen LogP contribution in [0.2, 0.25) is 0 Å². The van der Waals surface area contributed by atoms with Gasteiger partial charge in [0, 0.05) is 5.56 Å². The van der Waals surface area contributed by atoms with Gasteiger partial charge in [0.05, 0.1) is 6.26 Å². The third kappa shape index (κ3) is 1.39. The van der Waals surface area contributed by atoms with Gasteiger partial charge in [-0.3, -0.25) is 0 Å². The third-order valence-corrected chi connectivity index (χ3v) is 1.48. The highest BCUT2D eigenvalue weighted by molar-refractivity contribution is 7.80. The van der Waals surface area contributed by atoms with Crippen LogP contribution in [0.1, 0.15) is 5.56 Å². The highest BCUT2D eigenvalue weighted by Gasteiger charge is 1.96. The molecule has 48 valence electrons. The van der Waals surface area contributed by atoms with Crippen LogP contribution in [0.15, 0.2) is 34.5 Å². The molecule has 1 aromatic heterocycles. The second kappa shape index (κ2) is 2.78. The van der Waals surface area contributed by atoms with E-state index >= 15 is 0 Å². The van der Waals surface area contributed by atoms with E-state index in [2.05, 4.69) is 19.2 Å². The summed E-state index contributed by atoms with van der Waals surface area (Å²) in [6, 6.07) is 1.89. The summed E-state index contributed by atoms with van der Waals surface area (Å²) in [4.78, 5) is 0. The van der Waals surface area contributed by atoms with Gasteiger partial charge in [-0.25, -0.2) is 0 Å². The van der Waals surface area contributed by atoms with E-state index in [0.29, 0.717) is 5.09 Å². The average molecular weight is 140 g/mol. The number of furan rings is 1. The summed E-state index contributed by atoms with van der Waals surface area (Å²) in [5, 5.41) is 0.690. The van der Waals surface area contributed by atoms with Crippen molar-refractivity contribution in [2.45, 2.75) is 11.5 Å². The van der Waals surface area contributed by atoms with Gasteiger partial charge in [-0.15, -0.1) is 19.2 Å². The van der Waals surface area contributed by atoms with Crippen molar-refractivity contribution >= 4 is 12.6 Å². The zero-order chi connectivity index (χ0) is 6.69. The van der Waals surface area contributed by atoms with E-state index in [9.17, 15) is 0 Å². The minimum Gasteiger partial charge on any atom is -0.458 e. The zero-order valence-corrected chi connectivity index (χ0v) is 5.90. The Kier molecular flexibility index (Phi) is 2.01. The molecule has 0 N–H and O–H groups in total. The van der Waals surface area contributed by atoms with Gasteiger partial charge in [0.2, 0.25) is 0 Å². The van der Waals surface area contributed by atoms with Crippen LogP contribution in [0.5, 0.6) is 0 Å². The lowest BCUT2D eigenvalue weighted by atomic mass is 10.2. The van der Waals surface area contributed by atoms with Crippen LogP contribution in [0.4, 0.5) is 0 Å². The molecule has 0 fully saturated rings. The monoisotopic (exact) mass is 140 g/mol. The predicted molar refractivity (Wildman–Crippen MR) is 39.9 cm³/mol. The molecule has 0 saturated carbocycles. The minimum absolute atomic E-state index is 0.690. The van der Waals surface area contributed by atoms with E-state index in [1.54, 1.807) is 6.26 Å². The first-order chi connectivity index (χ1) is 4.34. The molecule has 0 saturated heterocycles. The maximum Gasteiger partial charge on any atom is 0.160 e. The minimum atomic E-state index is 0.690. The van der Waals surface area contributed by atoms with Gasteiger partial charge in [-0.05, 0) is 12.5 Å². The van der Waals surface area contributed by atoms with Crippen LogP contribution >= 0.6 is 12.6 Å². The Labute approximate surface area is 59.8 Å². The van der Waals surface area contributed by atoms with Gasteiger partial charge in [0.15, 0.2) is 5.09 Å². The number of hydrogen-bond acceptors (Lipinski definition) is 2. The number of allylic oxidation sites excluding steroid dienone is 1. The molecule has 1 aromatic rings. The summed E-state index contributed by atoms with van der Waals surface area (Å²) >= 11 is 4.07. The van der Waals surface area contributed by atoms with Crippen LogP contribution in [0, 0.1) is 0 Å². The van der Waals surface area contributed by atoms with Crippen molar-refractivity contribution in [2.75, 3.05) is 0 Å². The highest BCUT2D eigenvalue weighted by Crippen LogP contribution is 2.14. The van der Waals surface area contributed by atoms with Crippen molar-refractivity contribution in [3.63, 3.8) is 0 Å². The Morgan fingerprint density at radius 3 is 3.00 bits per heavy atom. The molecule has 0 atom stereocenters.